The van der Waals surface area contributed by atoms with Crippen molar-refractivity contribution in [2.24, 2.45) is 0 Å². The summed E-state index contributed by atoms with van der Waals surface area (Å²) >= 11 is 0. The molecule has 5 rings (SSSR count). The van der Waals surface area contributed by atoms with Gasteiger partial charge in [-0.25, -0.2) is 9.38 Å². The van der Waals surface area contributed by atoms with E-state index in [1.165, 1.54) is 0 Å². The highest BCUT2D eigenvalue weighted by atomic mass is 16.2. The second-order valence-corrected chi connectivity index (χ2v) is 7.60. The Morgan fingerprint density at radius 2 is 1.69 bits per heavy atom. The molecule has 2 aromatic heterocycles. The number of hydrogen-bond acceptors (Lipinski definition) is 3. The molecule has 146 valence electrons. The van der Waals surface area contributed by atoms with Crippen LogP contribution in [-0.4, -0.2) is 25.9 Å². The van der Waals surface area contributed by atoms with Crippen LogP contribution >= 0.6 is 0 Å². The first-order valence-electron chi connectivity index (χ1n) is 10.1. The van der Waals surface area contributed by atoms with Gasteiger partial charge in [-0.1, -0.05) is 55.3 Å². The summed E-state index contributed by atoms with van der Waals surface area (Å²) in [6.45, 7) is 0.137. The van der Waals surface area contributed by atoms with Crippen molar-refractivity contribution in [3.63, 3.8) is 0 Å². The zero-order chi connectivity index (χ0) is 19.8. The fourth-order valence-corrected chi connectivity index (χ4v) is 4.27. The van der Waals surface area contributed by atoms with Gasteiger partial charge in [0.25, 0.3) is 5.56 Å². The van der Waals surface area contributed by atoms with Crippen LogP contribution in [0.4, 0.5) is 0 Å². The number of nitrogens with one attached hydrogen (secondary N) is 1. The lowest BCUT2D eigenvalue weighted by Gasteiger charge is -2.13. The van der Waals surface area contributed by atoms with Gasteiger partial charge in [-0.15, -0.1) is 0 Å². The van der Waals surface area contributed by atoms with Crippen LogP contribution in [0.1, 0.15) is 25.7 Å². The van der Waals surface area contributed by atoms with Crippen LogP contribution in [0.2, 0.25) is 0 Å². The van der Waals surface area contributed by atoms with E-state index in [1.807, 2.05) is 59.2 Å². The van der Waals surface area contributed by atoms with Gasteiger partial charge in [0.2, 0.25) is 11.7 Å². The average Bonchev–Trinajstić information content (AvgIpc) is 3.35. The predicted molar refractivity (Wildman–Crippen MR) is 113 cm³/mol. The van der Waals surface area contributed by atoms with Crippen molar-refractivity contribution >= 4 is 22.7 Å². The van der Waals surface area contributed by atoms with Crippen molar-refractivity contribution in [2.75, 3.05) is 0 Å². The zero-order valence-corrected chi connectivity index (χ0v) is 16.0. The van der Waals surface area contributed by atoms with Crippen LogP contribution in [0.25, 0.3) is 28.1 Å². The zero-order valence-electron chi connectivity index (χ0n) is 16.0. The van der Waals surface area contributed by atoms with Crippen molar-refractivity contribution in [1.82, 2.24) is 19.3 Å². The van der Waals surface area contributed by atoms with Crippen molar-refractivity contribution in [1.29, 1.82) is 0 Å². The molecule has 4 aromatic rings. The van der Waals surface area contributed by atoms with Crippen molar-refractivity contribution < 1.29 is 4.79 Å². The summed E-state index contributed by atoms with van der Waals surface area (Å²) in [5.74, 6) is 0.443. The Kier molecular flexibility index (Phi) is 4.39. The first-order valence-corrected chi connectivity index (χ1v) is 10.1. The van der Waals surface area contributed by atoms with E-state index in [2.05, 4.69) is 5.32 Å². The van der Waals surface area contributed by atoms with E-state index in [0.717, 1.165) is 42.3 Å². The summed E-state index contributed by atoms with van der Waals surface area (Å²) in [4.78, 5) is 30.5. The molecule has 6 heteroatoms. The molecule has 1 N–H and O–H groups in total. The molecule has 0 spiro atoms. The number of imidazole rings is 1. The van der Waals surface area contributed by atoms with Crippen LogP contribution in [0.3, 0.4) is 0 Å². The Morgan fingerprint density at radius 1 is 1.00 bits per heavy atom. The number of rotatable bonds is 4. The monoisotopic (exact) mass is 386 g/mol. The van der Waals surface area contributed by atoms with Gasteiger partial charge in [0.05, 0.1) is 16.7 Å². The van der Waals surface area contributed by atoms with Crippen molar-refractivity contribution in [2.45, 2.75) is 38.3 Å². The van der Waals surface area contributed by atoms with Gasteiger partial charge in [-0.2, -0.15) is 0 Å². The molecule has 6 nitrogen and oxygen atoms in total. The predicted octanol–water partition coefficient (Wildman–Crippen LogP) is 3.38. The van der Waals surface area contributed by atoms with Gasteiger partial charge in [-0.05, 0) is 25.0 Å². The summed E-state index contributed by atoms with van der Waals surface area (Å²) < 4.78 is 3.43. The third kappa shape index (κ3) is 3.20. The van der Waals surface area contributed by atoms with Gasteiger partial charge < -0.3 is 9.88 Å². The lowest BCUT2D eigenvalue weighted by molar-refractivity contribution is -0.122. The minimum atomic E-state index is -0.153. The lowest BCUT2D eigenvalue weighted by Crippen LogP contribution is -2.35. The number of fused-ring (bicyclic) bond motifs is 3. The maximum atomic E-state index is 13.0. The van der Waals surface area contributed by atoms with Crippen molar-refractivity contribution in [3.8, 4) is 11.3 Å². The smallest absolute Gasteiger partial charge is 0.260 e. The minimum absolute atomic E-state index is 0.0421. The number of amides is 1. The molecular weight excluding hydrogens is 364 g/mol. The molecule has 29 heavy (non-hydrogen) atoms. The molecule has 1 saturated carbocycles. The Labute approximate surface area is 167 Å². The molecule has 0 aliphatic heterocycles. The van der Waals surface area contributed by atoms with E-state index in [-0.39, 0.29) is 24.1 Å². The number of benzene rings is 2. The number of hydrogen-bond donors (Lipinski definition) is 1. The van der Waals surface area contributed by atoms with Crippen LogP contribution in [-0.2, 0) is 11.3 Å². The number of nitrogens with zero attached hydrogens (tertiary/aromatic N) is 3. The van der Waals surface area contributed by atoms with E-state index in [1.54, 1.807) is 10.5 Å². The summed E-state index contributed by atoms with van der Waals surface area (Å²) in [7, 11) is 0. The first kappa shape index (κ1) is 17.7. The maximum Gasteiger partial charge on any atom is 0.260 e. The number of carbonyl (C=O) groups excluding carboxylic acids is 1. The lowest BCUT2D eigenvalue weighted by atomic mass is 10.1. The van der Waals surface area contributed by atoms with E-state index >= 15 is 0 Å². The molecule has 0 radical (unpaired) electrons. The summed E-state index contributed by atoms with van der Waals surface area (Å²) in [6, 6.07) is 19.1. The minimum Gasteiger partial charge on any atom is -0.352 e. The van der Waals surface area contributed by atoms with Gasteiger partial charge in [-0.3, -0.25) is 9.59 Å². The fraction of sp³-hybridized carbons (Fsp3) is 0.261. The Morgan fingerprint density at radius 3 is 2.45 bits per heavy atom. The van der Waals surface area contributed by atoms with Gasteiger partial charge in [0.15, 0.2) is 0 Å². The van der Waals surface area contributed by atoms with Crippen molar-refractivity contribution in [3.05, 3.63) is 71.0 Å². The third-order valence-corrected chi connectivity index (χ3v) is 5.65. The van der Waals surface area contributed by atoms with E-state index in [9.17, 15) is 9.59 Å². The second-order valence-electron chi connectivity index (χ2n) is 7.60. The van der Waals surface area contributed by atoms with E-state index < -0.39 is 0 Å². The standard InChI is InChI=1S/C23H22N4O2/c28-21(24-17-10-4-5-11-17)15-26-19-12-6-7-13-20(19)27-22(29)14-18(25-23(26)27)16-8-2-1-3-9-16/h1-3,6-9,12-14,17H,4-5,10-11,15H2,(H,24,28). The molecular formula is C23H22N4O2. The number of carbonyl (C=O) groups is 1. The van der Waals surface area contributed by atoms with Crippen LogP contribution < -0.4 is 10.9 Å². The normalized spacial score (nSPS) is 14.6. The topological polar surface area (TPSA) is 68.4 Å². The van der Waals surface area contributed by atoms with E-state index in [0.29, 0.717) is 11.5 Å². The SMILES string of the molecule is O=C(Cn1c2ccccc2n2c(=O)cc(-c3ccccc3)nc12)NC1CCCC1. The molecule has 1 aliphatic rings. The maximum absolute atomic E-state index is 13.0. The number of aromatic nitrogens is 3. The highest BCUT2D eigenvalue weighted by Crippen LogP contribution is 2.22. The van der Waals surface area contributed by atoms with Crippen LogP contribution in [0.5, 0.6) is 0 Å². The molecule has 2 aromatic carbocycles. The molecule has 1 amide bonds. The molecule has 1 fully saturated rings. The Balaban J connectivity index is 1.65. The average molecular weight is 386 g/mol. The van der Waals surface area contributed by atoms with Crippen LogP contribution in [0.15, 0.2) is 65.5 Å². The third-order valence-electron chi connectivity index (χ3n) is 5.65. The summed E-state index contributed by atoms with van der Waals surface area (Å²) in [6.07, 6.45) is 4.40. The quantitative estimate of drug-likeness (QED) is 0.585. The molecule has 0 atom stereocenters. The van der Waals surface area contributed by atoms with E-state index in [4.69, 9.17) is 4.98 Å². The van der Waals surface area contributed by atoms with Crippen LogP contribution in [0, 0.1) is 0 Å². The molecule has 0 saturated heterocycles. The Bertz CT molecular complexity index is 1250. The molecule has 1 aliphatic carbocycles. The Hall–Kier alpha value is -3.41. The largest absolute Gasteiger partial charge is 0.352 e. The molecule has 2 heterocycles. The van der Waals surface area contributed by atoms with Gasteiger partial charge in [0.1, 0.15) is 6.54 Å². The first-order chi connectivity index (χ1) is 14.2. The second kappa shape index (κ2) is 7.20. The summed E-state index contributed by atoms with van der Waals surface area (Å²) in [5.41, 5.74) is 2.91. The highest BCUT2D eigenvalue weighted by molar-refractivity contribution is 5.85. The summed E-state index contributed by atoms with van der Waals surface area (Å²) in [5, 5.41) is 3.13. The molecule has 0 unspecified atom stereocenters. The fourth-order valence-electron chi connectivity index (χ4n) is 4.27. The molecule has 0 bridgehead atoms. The van der Waals surface area contributed by atoms with Gasteiger partial charge >= 0.3 is 0 Å². The van der Waals surface area contributed by atoms with Gasteiger partial charge in [0, 0.05) is 17.7 Å². The highest BCUT2D eigenvalue weighted by Gasteiger charge is 2.20. The number of para-hydroxylation sites is 2.